The number of aliphatic imine (C=N–C) groups is 1. The molecule has 1 aliphatic heterocycles. The molecular formula is C21H32N6. The van der Waals surface area contributed by atoms with Crippen LogP contribution in [0.1, 0.15) is 23.6 Å². The van der Waals surface area contributed by atoms with E-state index in [4.69, 9.17) is 0 Å². The molecule has 6 heteroatoms. The van der Waals surface area contributed by atoms with Crippen molar-refractivity contribution in [3.8, 4) is 0 Å². The second kappa shape index (κ2) is 9.04. The minimum absolute atomic E-state index is 0.262. The summed E-state index contributed by atoms with van der Waals surface area (Å²) >= 11 is 0. The van der Waals surface area contributed by atoms with E-state index in [0.717, 1.165) is 32.0 Å². The molecule has 0 saturated carbocycles. The smallest absolute Gasteiger partial charge is 0.193 e. The minimum Gasteiger partial charge on any atom is -0.354 e. The zero-order valence-corrected chi connectivity index (χ0v) is 17.0. The van der Waals surface area contributed by atoms with Crippen LogP contribution < -0.4 is 5.32 Å². The molecule has 0 radical (unpaired) electrons. The van der Waals surface area contributed by atoms with Gasteiger partial charge >= 0.3 is 0 Å². The summed E-state index contributed by atoms with van der Waals surface area (Å²) in [6, 6.07) is 11.1. The van der Waals surface area contributed by atoms with Gasteiger partial charge in [-0.3, -0.25) is 9.67 Å². The van der Waals surface area contributed by atoms with Crippen molar-refractivity contribution < 1.29 is 0 Å². The maximum atomic E-state index is 4.53. The maximum absolute atomic E-state index is 4.53. The Morgan fingerprint density at radius 2 is 2.11 bits per heavy atom. The van der Waals surface area contributed by atoms with E-state index in [1.165, 1.54) is 17.5 Å². The predicted octanol–water partition coefficient (Wildman–Crippen LogP) is 2.16. The fraction of sp³-hybridized carbons (Fsp3) is 0.524. The molecule has 1 fully saturated rings. The number of hydrogen-bond donors (Lipinski definition) is 1. The molecule has 1 saturated heterocycles. The Hall–Kier alpha value is -2.34. The van der Waals surface area contributed by atoms with Gasteiger partial charge < -0.3 is 15.1 Å². The summed E-state index contributed by atoms with van der Waals surface area (Å²) in [7, 11) is 8.04. The summed E-state index contributed by atoms with van der Waals surface area (Å²) in [6.07, 6.45) is 6.39. The third kappa shape index (κ3) is 5.10. The van der Waals surface area contributed by atoms with Gasteiger partial charge in [0.1, 0.15) is 0 Å². The quantitative estimate of drug-likeness (QED) is 0.627. The Balaban J connectivity index is 1.56. The first-order chi connectivity index (χ1) is 13.1. The number of nitrogens with one attached hydrogen (secondary N) is 1. The molecule has 1 N–H and O–H groups in total. The molecule has 2 unspecified atom stereocenters. The highest BCUT2D eigenvalue weighted by atomic mass is 15.3. The molecule has 2 heterocycles. The molecule has 0 bridgehead atoms. The Labute approximate surface area is 162 Å². The summed E-state index contributed by atoms with van der Waals surface area (Å²) < 4.78 is 1.86. The van der Waals surface area contributed by atoms with Crippen LogP contribution in [0.4, 0.5) is 0 Å². The topological polar surface area (TPSA) is 48.7 Å². The van der Waals surface area contributed by atoms with Gasteiger partial charge in [0.2, 0.25) is 0 Å². The van der Waals surface area contributed by atoms with Crippen molar-refractivity contribution in [1.82, 2.24) is 24.9 Å². The zero-order valence-electron chi connectivity index (χ0n) is 17.0. The third-order valence-electron chi connectivity index (χ3n) is 5.35. The van der Waals surface area contributed by atoms with E-state index >= 15 is 0 Å². The maximum Gasteiger partial charge on any atom is 0.193 e. The van der Waals surface area contributed by atoms with Gasteiger partial charge in [0.05, 0.1) is 12.2 Å². The molecule has 2 aromatic rings. The van der Waals surface area contributed by atoms with Crippen molar-refractivity contribution in [3.63, 3.8) is 0 Å². The van der Waals surface area contributed by atoms with Crippen molar-refractivity contribution >= 4 is 5.96 Å². The van der Waals surface area contributed by atoms with E-state index < -0.39 is 0 Å². The number of nitrogens with zero attached hydrogens (tertiary/aromatic N) is 5. The average molecular weight is 369 g/mol. The van der Waals surface area contributed by atoms with Crippen LogP contribution in [0.25, 0.3) is 0 Å². The van der Waals surface area contributed by atoms with Gasteiger partial charge in [-0.05, 0) is 38.4 Å². The van der Waals surface area contributed by atoms with Crippen LogP contribution >= 0.6 is 0 Å². The normalized spacial score (nSPS) is 18.9. The molecule has 1 aliphatic rings. The largest absolute Gasteiger partial charge is 0.354 e. The van der Waals surface area contributed by atoms with E-state index in [-0.39, 0.29) is 6.04 Å². The lowest BCUT2D eigenvalue weighted by molar-refractivity contribution is 0.295. The number of aryl methyl sites for hydroxylation is 1. The van der Waals surface area contributed by atoms with Gasteiger partial charge in [-0.15, -0.1) is 0 Å². The summed E-state index contributed by atoms with van der Waals surface area (Å²) in [5.74, 6) is 1.69. The summed E-state index contributed by atoms with van der Waals surface area (Å²) in [5, 5.41) is 7.90. The molecular weight excluding hydrogens is 336 g/mol. The van der Waals surface area contributed by atoms with Crippen LogP contribution in [0.15, 0.2) is 47.7 Å². The first-order valence-electron chi connectivity index (χ1n) is 9.71. The second-order valence-electron chi connectivity index (χ2n) is 7.65. The second-order valence-corrected chi connectivity index (χ2v) is 7.65. The van der Waals surface area contributed by atoms with E-state index in [1.54, 1.807) is 0 Å². The monoisotopic (exact) mass is 368 g/mol. The Bertz CT molecular complexity index is 736. The standard InChI is InChI=1S/C21H32N6/c1-22-21(23-14-20(25(2)3)19-13-24-26(4)16-19)27-11-10-18(15-27)12-17-8-6-5-7-9-17/h5-9,13,16,18,20H,10-12,14-15H2,1-4H3,(H,22,23). The summed E-state index contributed by atoms with van der Waals surface area (Å²) in [5.41, 5.74) is 2.64. The lowest BCUT2D eigenvalue weighted by Crippen LogP contribution is -2.43. The molecule has 6 nitrogen and oxygen atoms in total. The number of aromatic nitrogens is 2. The molecule has 27 heavy (non-hydrogen) atoms. The highest BCUT2D eigenvalue weighted by Crippen LogP contribution is 2.21. The van der Waals surface area contributed by atoms with Crippen molar-refractivity contribution in [2.45, 2.75) is 18.9 Å². The minimum atomic E-state index is 0.262. The van der Waals surface area contributed by atoms with Crippen LogP contribution in [0.2, 0.25) is 0 Å². The van der Waals surface area contributed by atoms with Crippen molar-refractivity contribution in [2.75, 3.05) is 40.8 Å². The Morgan fingerprint density at radius 1 is 1.33 bits per heavy atom. The molecule has 146 valence electrons. The van der Waals surface area contributed by atoms with Gasteiger partial charge in [-0.2, -0.15) is 5.10 Å². The molecule has 3 rings (SSSR count). The van der Waals surface area contributed by atoms with E-state index in [1.807, 2.05) is 25.0 Å². The zero-order chi connectivity index (χ0) is 19.2. The summed E-state index contributed by atoms with van der Waals surface area (Å²) in [6.45, 7) is 2.94. The van der Waals surface area contributed by atoms with Gasteiger partial charge in [0.15, 0.2) is 5.96 Å². The Kier molecular flexibility index (Phi) is 6.50. The van der Waals surface area contributed by atoms with Crippen molar-refractivity contribution in [2.24, 2.45) is 18.0 Å². The lowest BCUT2D eigenvalue weighted by atomic mass is 9.99. The first-order valence-corrected chi connectivity index (χ1v) is 9.71. The lowest BCUT2D eigenvalue weighted by Gasteiger charge is -2.27. The number of benzene rings is 1. The molecule has 0 aliphatic carbocycles. The van der Waals surface area contributed by atoms with Gasteiger partial charge in [0.25, 0.3) is 0 Å². The number of rotatable bonds is 6. The average Bonchev–Trinajstić information content (AvgIpc) is 3.28. The molecule has 2 atom stereocenters. The van der Waals surface area contributed by atoms with Crippen LogP contribution in [0.3, 0.4) is 0 Å². The highest BCUT2D eigenvalue weighted by molar-refractivity contribution is 5.80. The van der Waals surface area contributed by atoms with Crippen LogP contribution in [0.5, 0.6) is 0 Å². The van der Waals surface area contributed by atoms with Gasteiger partial charge in [0, 0.05) is 45.5 Å². The van der Waals surface area contributed by atoms with E-state index in [2.05, 4.69) is 75.8 Å². The van der Waals surface area contributed by atoms with Crippen molar-refractivity contribution in [3.05, 3.63) is 53.9 Å². The molecule has 0 amide bonds. The first kappa shape index (κ1) is 19.4. The summed E-state index contributed by atoms with van der Waals surface area (Å²) in [4.78, 5) is 9.15. The van der Waals surface area contributed by atoms with E-state index in [0.29, 0.717) is 5.92 Å². The number of likely N-dealkylation sites (N-methyl/N-ethyl adjacent to an activating group) is 1. The van der Waals surface area contributed by atoms with Crippen LogP contribution in [-0.4, -0.2) is 66.3 Å². The van der Waals surface area contributed by atoms with Crippen molar-refractivity contribution in [1.29, 1.82) is 0 Å². The molecule has 1 aromatic heterocycles. The van der Waals surface area contributed by atoms with Crippen LogP contribution in [0, 0.1) is 5.92 Å². The van der Waals surface area contributed by atoms with Gasteiger partial charge in [-0.1, -0.05) is 30.3 Å². The number of hydrogen-bond acceptors (Lipinski definition) is 3. The molecule has 1 aromatic carbocycles. The Morgan fingerprint density at radius 3 is 2.74 bits per heavy atom. The number of guanidine groups is 1. The fourth-order valence-electron chi connectivity index (χ4n) is 3.87. The fourth-order valence-corrected chi connectivity index (χ4v) is 3.87. The predicted molar refractivity (Wildman–Crippen MR) is 111 cm³/mol. The van der Waals surface area contributed by atoms with Gasteiger partial charge in [-0.25, -0.2) is 0 Å². The third-order valence-corrected chi connectivity index (χ3v) is 5.35. The number of likely N-dealkylation sites (tertiary alicyclic amines) is 1. The SMILES string of the molecule is CN=C(NCC(c1cnn(C)c1)N(C)C)N1CCC(Cc2ccccc2)C1. The molecule has 0 spiro atoms. The highest BCUT2D eigenvalue weighted by Gasteiger charge is 2.26. The van der Waals surface area contributed by atoms with E-state index in [9.17, 15) is 0 Å². The van der Waals surface area contributed by atoms with Crippen LogP contribution in [-0.2, 0) is 13.5 Å².